The second kappa shape index (κ2) is 5.75. The molecule has 0 atom stereocenters. The fourth-order valence-corrected chi connectivity index (χ4v) is 2.51. The van der Waals surface area contributed by atoms with E-state index < -0.39 is 4.92 Å². The third-order valence-electron chi connectivity index (χ3n) is 2.64. The summed E-state index contributed by atoms with van der Waals surface area (Å²) in [7, 11) is 0. The van der Waals surface area contributed by atoms with Crippen LogP contribution < -0.4 is 0 Å². The maximum atomic E-state index is 10.8. The second-order valence-electron chi connectivity index (χ2n) is 3.91. The molecule has 100 valence electrons. The predicted octanol–water partition coefficient (Wildman–Crippen LogP) is 2.60. The number of nitrogens with zero attached hydrogens (tertiary/aromatic N) is 3. The average molecular weight is 279 g/mol. The lowest BCUT2D eigenvalue weighted by molar-refractivity contribution is -0.392. The van der Waals surface area contributed by atoms with Crippen molar-refractivity contribution < 1.29 is 10.0 Å². The van der Waals surface area contributed by atoms with Gasteiger partial charge in [0.05, 0.1) is 0 Å². The van der Waals surface area contributed by atoms with Crippen molar-refractivity contribution in [3.63, 3.8) is 0 Å². The van der Waals surface area contributed by atoms with E-state index in [4.69, 9.17) is 5.11 Å². The fraction of sp³-hybridized carbons (Fsp3) is 0.250. The van der Waals surface area contributed by atoms with Crippen LogP contribution in [0.3, 0.4) is 0 Å². The van der Waals surface area contributed by atoms with Crippen molar-refractivity contribution in [2.24, 2.45) is 0 Å². The van der Waals surface area contributed by atoms with E-state index in [1.54, 1.807) is 35.4 Å². The van der Waals surface area contributed by atoms with Crippen LogP contribution in [0.2, 0.25) is 0 Å². The van der Waals surface area contributed by atoms with Gasteiger partial charge in [0.1, 0.15) is 18.5 Å². The van der Waals surface area contributed by atoms with Gasteiger partial charge in [0, 0.05) is 17.6 Å². The topological polar surface area (TPSA) is 81.2 Å². The van der Waals surface area contributed by atoms with E-state index >= 15 is 0 Å². The number of hydrogen-bond donors (Lipinski definition) is 1. The maximum absolute atomic E-state index is 10.8. The molecule has 0 aliphatic carbocycles. The molecule has 19 heavy (non-hydrogen) atoms. The molecule has 0 saturated carbocycles. The van der Waals surface area contributed by atoms with Gasteiger partial charge in [-0.2, -0.15) is 0 Å². The minimum Gasteiger partial charge on any atom is -0.508 e. The normalized spacial score (nSPS) is 10.6. The van der Waals surface area contributed by atoms with E-state index in [2.05, 4.69) is 4.98 Å². The third kappa shape index (κ3) is 3.25. The highest BCUT2D eigenvalue weighted by Crippen LogP contribution is 2.22. The average Bonchev–Trinajstić information content (AvgIpc) is 2.74. The minimum atomic E-state index is -0.425. The van der Waals surface area contributed by atoms with Crippen molar-refractivity contribution in [1.82, 2.24) is 9.55 Å². The number of thioether (sulfide) groups is 1. The van der Waals surface area contributed by atoms with E-state index in [9.17, 15) is 10.1 Å². The lowest BCUT2D eigenvalue weighted by Crippen LogP contribution is -2.06. The van der Waals surface area contributed by atoms with Gasteiger partial charge >= 0.3 is 5.82 Å². The summed E-state index contributed by atoms with van der Waals surface area (Å²) in [5.74, 6) is 1.58. The molecule has 0 aliphatic heterocycles. The lowest BCUT2D eigenvalue weighted by atomic mass is 10.3. The summed E-state index contributed by atoms with van der Waals surface area (Å²) in [5, 5.41) is 20.0. The van der Waals surface area contributed by atoms with Crippen LogP contribution in [0.5, 0.6) is 5.75 Å². The van der Waals surface area contributed by atoms with E-state index in [1.165, 1.54) is 6.20 Å². The highest BCUT2D eigenvalue weighted by molar-refractivity contribution is 7.99. The van der Waals surface area contributed by atoms with Gasteiger partial charge in [-0.05, 0) is 29.2 Å². The van der Waals surface area contributed by atoms with E-state index in [1.807, 2.05) is 12.1 Å². The molecule has 7 heteroatoms. The van der Waals surface area contributed by atoms with Crippen molar-refractivity contribution in [3.8, 4) is 5.75 Å². The molecular weight excluding hydrogens is 266 g/mol. The molecule has 1 aromatic heterocycles. The molecule has 1 heterocycles. The first-order valence-electron chi connectivity index (χ1n) is 5.66. The van der Waals surface area contributed by atoms with Crippen LogP contribution in [-0.2, 0) is 6.54 Å². The fourth-order valence-electron chi connectivity index (χ4n) is 1.68. The summed E-state index contributed by atoms with van der Waals surface area (Å²) >= 11 is 1.57. The monoisotopic (exact) mass is 279 g/mol. The van der Waals surface area contributed by atoms with Crippen LogP contribution in [0.1, 0.15) is 5.82 Å². The minimum absolute atomic E-state index is 0.0174. The molecule has 0 bridgehead atoms. The largest absolute Gasteiger partial charge is 0.508 e. The Morgan fingerprint density at radius 3 is 2.74 bits per heavy atom. The molecule has 0 unspecified atom stereocenters. The van der Waals surface area contributed by atoms with Crippen LogP contribution >= 0.6 is 11.8 Å². The summed E-state index contributed by atoms with van der Waals surface area (Å²) in [5.41, 5.74) is 0. The zero-order chi connectivity index (χ0) is 13.8. The Balaban J connectivity index is 1.97. The van der Waals surface area contributed by atoms with Gasteiger partial charge in [-0.3, -0.25) is 0 Å². The number of imidazole rings is 1. The molecule has 0 radical (unpaired) electrons. The molecule has 1 aromatic carbocycles. The zero-order valence-electron chi connectivity index (χ0n) is 10.3. The number of rotatable bonds is 5. The van der Waals surface area contributed by atoms with E-state index in [-0.39, 0.29) is 11.6 Å². The first-order valence-corrected chi connectivity index (χ1v) is 6.65. The van der Waals surface area contributed by atoms with E-state index in [0.29, 0.717) is 18.1 Å². The summed E-state index contributed by atoms with van der Waals surface area (Å²) in [6, 6.07) is 6.87. The summed E-state index contributed by atoms with van der Waals surface area (Å²) in [6.07, 6.45) is 1.28. The third-order valence-corrected chi connectivity index (χ3v) is 3.63. The highest BCUT2D eigenvalue weighted by Gasteiger charge is 2.16. The first-order chi connectivity index (χ1) is 9.08. The number of aryl methyl sites for hydroxylation is 1. The molecule has 0 aliphatic rings. The number of aromatic hydroxyl groups is 1. The van der Waals surface area contributed by atoms with Crippen LogP contribution in [0.4, 0.5) is 5.82 Å². The SMILES string of the molecule is Cc1ncc([N+](=O)[O-])n1CCSc1ccc(O)cc1. The Morgan fingerprint density at radius 1 is 1.42 bits per heavy atom. The zero-order valence-corrected chi connectivity index (χ0v) is 11.1. The lowest BCUT2D eigenvalue weighted by Gasteiger charge is -2.03. The van der Waals surface area contributed by atoms with Crippen molar-refractivity contribution in [2.75, 3.05) is 5.75 Å². The number of hydrogen-bond acceptors (Lipinski definition) is 5. The van der Waals surface area contributed by atoms with Crippen LogP contribution in [0.25, 0.3) is 0 Å². The summed E-state index contributed by atoms with van der Waals surface area (Å²) in [6.45, 7) is 2.27. The maximum Gasteiger partial charge on any atom is 0.342 e. The number of aromatic nitrogens is 2. The Bertz CT molecular complexity index is 580. The van der Waals surface area contributed by atoms with Gasteiger partial charge in [-0.15, -0.1) is 11.8 Å². The van der Waals surface area contributed by atoms with Crippen molar-refractivity contribution in [3.05, 3.63) is 46.4 Å². The molecule has 2 rings (SSSR count). The smallest absolute Gasteiger partial charge is 0.342 e. The Kier molecular flexibility index (Phi) is 4.06. The summed E-state index contributed by atoms with van der Waals surface area (Å²) < 4.78 is 1.59. The first kappa shape index (κ1) is 13.4. The van der Waals surface area contributed by atoms with E-state index in [0.717, 1.165) is 4.90 Å². The van der Waals surface area contributed by atoms with Gasteiger partial charge in [0.25, 0.3) is 0 Å². The van der Waals surface area contributed by atoms with Crippen LogP contribution in [0.15, 0.2) is 35.4 Å². The molecule has 1 N–H and O–H groups in total. The van der Waals surface area contributed by atoms with Gasteiger partial charge < -0.3 is 15.2 Å². The van der Waals surface area contributed by atoms with Crippen molar-refractivity contribution >= 4 is 17.6 Å². The summed E-state index contributed by atoms with van der Waals surface area (Å²) in [4.78, 5) is 15.4. The second-order valence-corrected chi connectivity index (χ2v) is 5.08. The molecule has 0 saturated heterocycles. The molecule has 0 amide bonds. The Hall–Kier alpha value is -2.02. The van der Waals surface area contributed by atoms with Gasteiger partial charge in [0.2, 0.25) is 0 Å². The standard InChI is InChI=1S/C12H13N3O3S/c1-9-13-8-12(15(17)18)14(9)6-7-19-11-4-2-10(16)3-5-11/h2-5,8,16H,6-7H2,1H3. The van der Waals surface area contributed by atoms with Crippen molar-refractivity contribution in [2.45, 2.75) is 18.4 Å². The van der Waals surface area contributed by atoms with Gasteiger partial charge in [-0.25, -0.2) is 9.55 Å². The number of phenols is 1. The molecule has 0 fully saturated rings. The van der Waals surface area contributed by atoms with Crippen molar-refractivity contribution in [1.29, 1.82) is 0 Å². The quantitative estimate of drug-likeness (QED) is 0.517. The number of benzene rings is 1. The highest BCUT2D eigenvalue weighted by atomic mass is 32.2. The van der Waals surface area contributed by atoms with Crippen LogP contribution in [-0.4, -0.2) is 25.3 Å². The molecule has 6 nitrogen and oxygen atoms in total. The molecule has 0 spiro atoms. The molecule has 2 aromatic rings. The molecular formula is C12H13N3O3S. The number of phenolic OH excluding ortho intramolecular Hbond substituents is 1. The number of nitro groups is 1. The van der Waals surface area contributed by atoms with Crippen LogP contribution in [0, 0.1) is 17.0 Å². The Morgan fingerprint density at radius 2 is 2.11 bits per heavy atom. The van der Waals surface area contributed by atoms with Gasteiger partial charge in [0.15, 0.2) is 5.82 Å². The predicted molar refractivity (Wildman–Crippen MR) is 72.4 cm³/mol. The Labute approximate surface area is 114 Å². The van der Waals surface area contributed by atoms with Gasteiger partial charge in [-0.1, -0.05) is 0 Å².